The number of halogens is 1. The Morgan fingerprint density at radius 3 is 2.66 bits per heavy atom. The zero-order valence-corrected chi connectivity index (χ0v) is 19.0. The first-order valence-electron chi connectivity index (χ1n) is 10.6. The number of fused-ring (bicyclic) bond motifs is 1. The van der Waals surface area contributed by atoms with Crippen LogP contribution < -0.4 is 10.6 Å². The predicted octanol–water partition coefficient (Wildman–Crippen LogP) is 3.60. The number of aryl methyl sites for hydroxylation is 2. The summed E-state index contributed by atoms with van der Waals surface area (Å²) in [5.74, 6) is 2.23. The van der Waals surface area contributed by atoms with Crippen LogP contribution in [0.25, 0.3) is 22.3 Å². The quantitative estimate of drug-likeness (QED) is 0.427. The summed E-state index contributed by atoms with van der Waals surface area (Å²) >= 11 is 0. The molecule has 166 valence electrons. The number of imidazole rings is 1. The fraction of sp³-hybridized carbons (Fsp3) is 0.304. The number of anilines is 2. The van der Waals surface area contributed by atoms with Gasteiger partial charge in [-0.25, -0.2) is 19.9 Å². The average molecular weight is 451 g/mol. The van der Waals surface area contributed by atoms with Gasteiger partial charge in [-0.2, -0.15) is 0 Å². The SMILES string of the molecule is Cc1cc(-c2ccc3nc(Nc4cc(CN5CCNCC5)ccn4)[nH]c3c2)nc(C)n1.Cl. The molecule has 0 bridgehead atoms. The van der Waals surface area contributed by atoms with E-state index in [4.69, 9.17) is 0 Å². The molecule has 0 aliphatic carbocycles. The molecule has 0 saturated carbocycles. The molecular weight excluding hydrogens is 424 g/mol. The van der Waals surface area contributed by atoms with E-state index < -0.39 is 0 Å². The second-order valence-electron chi connectivity index (χ2n) is 7.96. The molecule has 4 aromatic rings. The number of hydrogen-bond acceptors (Lipinski definition) is 7. The molecule has 0 spiro atoms. The largest absolute Gasteiger partial charge is 0.324 e. The molecule has 1 aliphatic rings. The van der Waals surface area contributed by atoms with E-state index in [1.807, 2.05) is 38.2 Å². The molecule has 0 atom stereocenters. The molecular formula is C23H27ClN8. The van der Waals surface area contributed by atoms with E-state index in [0.29, 0.717) is 5.95 Å². The number of hydrogen-bond donors (Lipinski definition) is 3. The Hall–Kier alpha value is -3.07. The second kappa shape index (κ2) is 9.60. The van der Waals surface area contributed by atoms with Crippen LogP contribution in [0.1, 0.15) is 17.1 Å². The standard InChI is InChI=1S/C23H26N8.ClH/c1-15-11-20(27-16(2)26-15)18-3-4-19-21(13-18)29-23(28-19)30-22-12-17(5-6-25-22)14-31-9-7-24-8-10-31;/h3-6,11-13,24H,7-10,14H2,1-2H3,(H2,25,28,29,30);1H. The Morgan fingerprint density at radius 1 is 1.00 bits per heavy atom. The summed E-state index contributed by atoms with van der Waals surface area (Å²) in [4.78, 5) is 23.9. The lowest BCUT2D eigenvalue weighted by Gasteiger charge is -2.27. The maximum atomic E-state index is 4.67. The lowest BCUT2D eigenvalue weighted by molar-refractivity contribution is 0.233. The summed E-state index contributed by atoms with van der Waals surface area (Å²) < 4.78 is 0. The summed E-state index contributed by atoms with van der Waals surface area (Å²) in [5, 5.41) is 6.71. The lowest BCUT2D eigenvalue weighted by Crippen LogP contribution is -2.42. The van der Waals surface area contributed by atoms with Gasteiger partial charge in [0.1, 0.15) is 11.6 Å². The highest BCUT2D eigenvalue weighted by Gasteiger charge is 2.11. The average Bonchev–Trinajstić information content (AvgIpc) is 3.15. The van der Waals surface area contributed by atoms with Crippen molar-refractivity contribution in [1.82, 2.24) is 35.1 Å². The molecule has 1 saturated heterocycles. The number of benzene rings is 1. The summed E-state index contributed by atoms with van der Waals surface area (Å²) in [5.41, 5.74) is 6.00. The van der Waals surface area contributed by atoms with Crippen molar-refractivity contribution in [1.29, 1.82) is 0 Å². The number of rotatable bonds is 5. The summed E-state index contributed by atoms with van der Waals surface area (Å²) in [6.45, 7) is 9.07. The first-order chi connectivity index (χ1) is 15.1. The predicted molar refractivity (Wildman–Crippen MR) is 130 cm³/mol. The van der Waals surface area contributed by atoms with Crippen molar-refractivity contribution in [3.05, 3.63) is 59.7 Å². The third-order valence-corrected chi connectivity index (χ3v) is 5.43. The van der Waals surface area contributed by atoms with Gasteiger partial charge in [-0.3, -0.25) is 4.90 Å². The van der Waals surface area contributed by atoms with Gasteiger partial charge in [-0.05, 0) is 49.7 Å². The third-order valence-electron chi connectivity index (χ3n) is 5.43. The third kappa shape index (κ3) is 5.04. The highest BCUT2D eigenvalue weighted by atomic mass is 35.5. The van der Waals surface area contributed by atoms with Crippen LogP contribution in [0.15, 0.2) is 42.6 Å². The maximum absolute atomic E-state index is 4.67. The molecule has 8 nitrogen and oxygen atoms in total. The van der Waals surface area contributed by atoms with Crippen molar-refractivity contribution in [2.24, 2.45) is 0 Å². The fourth-order valence-corrected chi connectivity index (χ4v) is 3.98. The highest BCUT2D eigenvalue weighted by molar-refractivity contribution is 5.85. The molecule has 3 N–H and O–H groups in total. The van der Waals surface area contributed by atoms with Crippen molar-refractivity contribution in [3.8, 4) is 11.3 Å². The van der Waals surface area contributed by atoms with Crippen LogP contribution in [0.5, 0.6) is 0 Å². The van der Waals surface area contributed by atoms with E-state index in [2.05, 4.69) is 58.7 Å². The molecule has 1 fully saturated rings. The number of H-pyrrole nitrogens is 1. The van der Waals surface area contributed by atoms with Gasteiger partial charge in [-0.1, -0.05) is 6.07 Å². The van der Waals surface area contributed by atoms with Crippen molar-refractivity contribution in [2.75, 3.05) is 31.5 Å². The summed E-state index contributed by atoms with van der Waals surface area (Å²) in [6, 6.07) is 12.3. The van der Waals surface area contributed by atoms with Gasteiger partial charge >= 0.3 is 0 Å². The highest BCUT2D eigenvalue weighted by Crippen LogP contribution is 2.24. The molecule has 4 heterocycles. The minimum atomic E-state index is 0. The molecule has 0 amide bonds. The fourth-order valence-electron chi connectivity index (χ4n) is 3.98. The van der Waals surface area contributed by atoms with E-state index in [-0.39, 0.29) is 12.4 Å². The first-order valence-corrected chi connectivity index (χ1v) is 10.6. The van der Waals surface area contributed by atoms with E-state index in [0.717, 1.165) is 72.4 Å². The topological polar surface area (TPSA) is 94.7 Å². The van der Waals surface area contributed by atoms with E-state index >= 15 is 0 Å². The van der Waals surface area contributed by atoms with Crippen molar-refractivity contribution >= 4 is 35.2 Å². The van der Waals surface area contributed by atoms with Gasteiger partial charge < -0.3 is 15.6 Å². The Labute approximate surface area is 193 Å². The van der Waals surface area contributed by atoms with Crippen LogP contribution >= 0.6 is 12.4 Å². The van der Waals surface area contributed by atoms with Crippen molar-refractivity contribution in [2.45, 2.75) is 20.4 Å². The zero-order chi connectivity index (χ0) is 21.2. The molecule has 1 aliphatic heterocycles. The number of nitrogens with zero attached hydrogens (tertiary/aromatic N) is 5. The van der Waals surface area contributed by atoms with Crippen LogP contribution in [-0.2, 0) is 6.54 Å². The number of pyridine rings is 1. The van der Waals surface area contributed by atoms with Crippen LogP contribution in [0.3, 0.4) is 0 Å². The van der Waals surface area contributed by atoms with Gasteiger partial charge in [0, 0.05) is 50.2 Å². The number of aromatic nitrogens is 5. The van der Waals surface area contributed by atoms with Gasteiger partial charge in [0.25, 0.3) is 0 Å². The smallest absolute Gasteiger partial charge is 0.206 e. The first kappa shape index (κ1) is 22.1. The summed E-state index contributed by atoms with van der Waals surface area (Å²) in [6.07, 6.45) is 1.85. The molecule has 9 heteroatoms. The van der Waals surface area contributed by atoms with Crippen molar-refractivity contribution < 1.29 is 0 Å². The van der Waals surface area contributed by atoms with E-state index in [1.54, 1.807) is 0 Å². The Bertz CT molecular complexity index is 1200. The number of piperazine rings is 1. The normalized spacial score (nSPS) is 14.3. The number of aromatic amines is 1. The van der Waals surface area contributed by atoms with Gasteiger partial charge in [0.15, 0.2) is 0 Å². The zero-order valence-electron chi connectivity index (χ0n) is 18.2. The molecule has 0 radical (unpaired) electrons. The van der Waals surface area contributed by atoms with Crippen molar-refractivity contribution in [3.63, 3.8) is 0 Å². The lowest BCUT2D eigenvalue weighted by atomic mass is 10.1. The number of nitrogens with one attached hydrogen (secondary N) is 3. The van der Waals surface area contributed by atoms with E-state index in [1.165, 1.54) is 5.56 Å². The molecule has 3 aromatic heterocycles. The monoisotopic (exact) mass is 450 g/mol. The second-order valence-corrected chi connectivity index (χ2v) is 7.96. The van der Waals surface area contributed by atoms with Gasteiger partial charge in [0.05, 0.1) is 16.7 Å². The minimum Gasteiger partial charge on any atom is -0.324 e. The Morgan fingerprint density at radius 2 is 1.84 bits per heavy atom. The van der Waals surface area contributed by atoms with Crippen LogP contribution in [-0.4, -0.2) is 56.0 Å². The summed E-state index contributed by atoms with van der Waals surface area (Å²) in [7, 11) is 0. The Balaban J connectivity index is 0.00000245. The van der Waals surface area contributed by atoms with Gasteiger partial charge in [0.2, 0.25) is 5.95 Å². The molecule has 32 heavy (non-hydrogen) atoms. The Kier molecular flexibility index (Phi) is 6.64. The molecule has 1 aromatic carbocycles. The van der Waals surface area contributed by atoms with Crippen LogP contribution in [0, 0.1) is 13.8 Å². The van der Waals surface area contributed by atoms with Gasteiger partial charge in [-0.15, -0.1) is 12.4 Å². The molecule has 5 rings (SSSR count). The minimum absolute atomic E-state index is 0. The molecule has 0 unspecified atom stereocenters. The van der Waals surface area contributed by atoms with Crippen LogP contribution in [0.2, 0.25) is 0 Å². The van der Waals surface area contributed by atoms with E-state index in [9.17, 15) is 0 Å². The van der Waals surface area contributed by atoms with Crippen LogP contribution in [0.4, 0.5) is 11.8 Å². The maximum Gasteiger partial charge on any atom is 0.206 e.